The summed E-state index contributed by atoms with van der Waals surface area (Å²) < 4.78 is 0. The molecule has 1 aromatic carbocycles. The summed E-state index contributed by atoms with van der Waals surface area (Å²) >= 11 is 0. The standard InChI is InChI=1S/C14H19N/c1-3-4-5-6-14(15)11-13-9-7-12(2)8-10-13/h1,7-10,14H,4-6,11,15H2,2H3. The van der Waals surface area contributed by atoms with E-state index < -0.39 is 0 Å². The number of nitrogens with two attached hydrogens (primary N) is 1. The van der Waals surface area contributed by atoms with Crippen LogP contribution in [0.15, 0.2) is 24.3 Å². The fourth-order valence-corrected chi connectivity index (χ4v) is 1.60. The number of hydrogen-bond acceptors (Lipinski definition) is 1. The second-order valence-corrected chi connectivity index (χ2v) is 4.05. The molecule has 0 fully saturated rings. The van der Waals surface area contributed by atoms with Crippen LogP contribution in [-0.2, 0) is 6.42 Å². The van der Waals surface area contributed by atoms with Crippen molar-refractivity contribution in [1.29, 1.82) is 0 Å². The summed E-state index contributed by atoms with van der Waals surface area (Å²) in [6.07, 6.45) is 9.02. The lowest BCUT2D eigenvalue weighted by Crippen LogP contribution is -2.22. The van der Waals surface area contributed by atoms with E-state index in [-0.39, 0.29) is 6.04 Å². The number of aryl methyl sites for hydroxylation is 1. The van der Waals surface area contributed by atoms with Crippen molar-refractivity contribution in [3.8, 4) is 12.3 Å². The Labute approximate surface area is 92.7 Å². The first kappa shape index (κ1) is 11.8. The van der Waals surface area contributed by atoms with Gasteiger partial charge in [-0.1, -0.05) is 29.8 Å². The van der Waals surface area contributed by atoms with E-state index >= 15 is 0 Å². The Hall–Kier alpha value is -1.26. The molecule has 1 aromatic rings. The van der Waals surface area contributed by atoms with Gasteiger partial charge < -0.3 is 5.73 Å². The van der Waals surface area contributed by atoms with Crippen LogP contribution in [-0.4, -0.2) is 6.04 Å². The average molecular weight is 201 g/mol. The Bertz CT molecular complexity index is 318. The molecule has 0 heterocycles. The Morgan fingerprint density at radius 2 is 2.00 bits per heavy atom. The molecule has 0 spiro atoms. The van der Waals surface area contributed by atoms with Crippen LogP contribution in [0.4, 0.5) is 0 Å². The smallest absolute Gasteiger partial charge is 0.00866 e. The Morgan fingerprint density at radius 1 is 1.33 bits per heavy atom. The van der Waals surface area contributed by atoms with Gasteiger partial charge >= 0.3 is 0 Å². The van der Waals surface area contributed by atoms with E-state index in [9.17, 15) is 0 Å². The number of terminal acetylenes is 1. The molecule has 1 rings (SSSR count). The topological polar surface area (TPSA) is 26.0 Å². The Kier molecular flexibility index (Phi) is 4.93. The third-order valence-electron chi connectivity index (χ3n) is 2.51. The van der Waals surface area contributed by atoms with Crippen molar-refractivity contribution in [2.45, 2.75) is 38.6 Å². The van der Waals surface area contributed by atoms with Crippen LogP contribution in [0.1, 0.15) is 30.4 Å². The summed E-state index contributed by atoms with van der Waals surface area (Å²) in [5.74, 6) is 2.64. The molecule has 0 saturated carbocycles. The van der Waals surface area contributed by atoms with Gasteiger partial charge in [-0.25, -0.2) is 0 Å². The van der Waals surface area contributed by atoms with Crippen molar-refractivity contribution >= 4 is 0 Å². The molecule has 1 unspecified atom stereocenters. The van der Waals surface area contributed by atoms with Gasteiger partial charge in [-0.15, -0.1) is 12.3 Å². The first-order chi connectivity index (χ1) is 7.22. The van der Waals surface area contributed by atoms with Crippen molar-refractivity contribution in [2.24, 2.45) is 5.73 Å². The third kappa shape index (κ3) is 4.67. The molecular formula is C14H19N. The molecule has 0 bridgehead atoms. The van der Waals surface area contributed by atoms with Gasteiger partial charge in [0.25, 0.3) is 0 Å². The Balaban J connectivity index is 2.34. The molecule has 2 N–H and O–H groups in total. The molecule has 0 aromatic heterocycles. The highest BCUT2D eigenvalue weighted by Gasteiger charge is 2.03. The third-order valence-corrected chi connectivity index (χ3v) is 2.51. The van der Waals surface area contributed by atoms with Gasteiger partial charge in [-0.2, -0.15) is 0 Å². The summed E-state index contributed by atoms with van der Waals surface area (Å²) in [6.45, 7) is 2.09. The van der Waals surface area contributed by atoms with Crippen molar-refractivity contribution in [1.82, 2.24) is 0 Å². The molecule has 0 saturated heterocycles. The van der Waals surface area contributed by atoms with Crippen LogP contribution >= 0.6 is 0 Å². The summed E-state index contributed by atoms with van der Waals surface area (Å²) in [4.78, 5) is 0. The molecule has 0 aliphatic heterocycles. The van der Waals surface area contributed by atoms with E-state index in [1.807, 2.05) is 0 Å². The molecule has 1 atom stereocenters. The minimum atomic E-state index is 0.237. The van der Waals surface area contributed by atoms with Gasteiger partial charge in [0.05, 0.1) is 0 Å². The lowest BCUT2D eigenvalue weighted by Gasteiger charge is -2.10. The largest absolute Gasteiger partial charge is 0.327 e. The molecular weight excluding hydrogens is 182 g/mol. The lowest BCUT2D eigenvalue weighted by atomic mass is 10.0. The maximum Gasteiger partial charge on any atom is 0.00866 e. The van der Waals surface area contributed by atoms with E-state index in [1.54, 1.807) is 0 Å². The highest BCUT2D eigenvalue weighted by molar-refractivity contribution is 5.21. The fraction of sp³-hybridized carbons (Fsp3) is 0.429. The number of benzene rings is 1. The molecule has 1 nitrogen and oxygen atoms in total. The van der Waals surface area contributed by atoms with Gasteiger partial charge in [0.2, 0.25) is 0 Å². The number of unbranched alkanes of at least 4 members (excludes halogenated alkanes) is 1. The SMILES string of the molecule is C#CCCCC(N)Cc1ccc(C)cc1. The summed E-state index contributed by atoms with van der Waals surface area (Å²) in [5.41, 5.74) is 8.62. The maximum atomic E-state index is 6.02. The van der Waals surface area contributed by atoms with Crippen molar-refractivity contribution in [3.63, 3.8) is 0 Å². The predicted octanol–water partition coefficient (Wildman–Crippen LogP) is 2.67. The maximum absolute atomic E-state index is 6.02. The van der Waals surface area contributed by atoms with Crippen LogP contribution < -0.4 is 5.73 Å². The highest BCUT2D eigenvalue weighted by atomic mass is 14.6. The Morgan fingerprint density at radius 3 is 2.60 bits per heavy atom. The van der Waals surface area contributed by atoms with Gasteiger partial charge in [-0.3, -0.25) is 0 Å². The fourth-order valence-electron chi connectivity index (χ4n) is 1.60. The van der Waals surface area contributed by atoms with Gasteiger partial charge in [0.15, 0.2) is 0 Å². The normalized spacial score (nSPS) is 12.1. The van der Waals surface area contributed by atoms with Gasteiger partial charge in [0.1, 0.15) is 0 Å². The van der Waals surface area contributed by atoms with Crippen LogP contribution in [0.5, 0.6) is 0 Å². The highest BCUT2D eigenvalue weighted by Crippen LogP contribution is 2.08. The number of rotatable bonds is 5. The van der Waals surface area contributed by atoms with E-state index in [1.165, 1.54) is 11.1 Å². The van der Waals surface area contributed by atoms with Crippen molar-refractivity contribution < 1.29 is 0 Å². The zero-order valence-corrected chi connectivity index (χ0v) is 9.37. The predicted molar refractivity (Wildman–Crippen MR) is 65.5 cm³/mol. The second kappa shape index (κ2) is 6.27. The van der Waals surface area contributed by atoms with Crippen molar-refractivity contribution in [2.75, 3.05) is 0 Å². The molecule has 15 heavy (non-hydrogen) atoms. The average Bonchev–Trinajstić information content (AvgIpc) is 2.22. The van der Waals surface area contributed by atoms with E-state index in [0.717, 1.165) is 25.7 Å². The van der Waals surface area contributed by atoms with Crippen LogP contribution in [0.25, 0.3) is 0 Å². The molecule has 0 amide bonds. The van der Waals surface area contributed by atoms with Crippen LogP contribution in [0, 0.1) is 19.3 Å². The van der Waals surface area contributed by atoms with Crippen LogP contribution in [0.2, 0.25) is 0 Å². The van der Waals surface area contributed by atoms with E-state index in [0.29, 0.717) is 0 Å². The summed E-state index contributed by atoms with van der Waals surface area (Å²) in [7, 11) is 0. The molecule has 80 valence electrons. The number of hydrogen-bond donors (Lipinski definition) is 1. The monoisotopic (exact) mass is 201 g/mol. The van der Waals surface area contributed by atoms with Crippen LogP contribution in [0.3, 0.4) is 0 Å². The van der Waals surface area contributed by atoms with E-state index in [2.05, 4.69) is 37.1 Å². The van der Waals surface area contributed by atoms with Crippen molar-refractivity contribution in [3.05, 3.63) is 35.4 Å². The second-order valence-electron chi connectivity index (χ2n) is 4.05. The molecule has 0 radical (unpaired) electrons. The summed E-state index contributed by atoms with van der Waals surface area (Å²) in [5, 5.41) is 0. The zero-order chi connectivity index (χ0) is 11.1. The van der Waals surface area contributed by atoms with Gasteiger partial charge in [0, 0.05) is 12.5 Å². The molecule has 1 heteroatoms. The first-order valence-electron chi connectivity index (χ1n) is 5.47. The van der Waals surface area contributed by atoms with E-state index in [4.69, 9.17) is 12.2 Å². The molecule has 0 aliphatic carbocycles. The summed E-state index contributed by atoms with van der Waals surface area (Å²) in [6, 6.07) is 8.79. The zero-order valence-electron chi connectivity index (χ0n) is 9.37. The lowest BCUT2D eigenvalue weighted by molar-refractivity contribution is 0.587. The minimum Gasteiger partial charge on any atom is -0.327 e. The minimum absolute atomic E-state index is 0.237. The van der Waals surface area contributed by atoms with Gasteiger partial charge in [-0.05, 0) is 31.7 Å². The quantitative estimate of drug-likeness (QED) is 0.575. The molecule has 0 aliphatic rings. The first-order valence-corrected chi connectivity index (χ1v) is 5.47.